The predicted molar refractivity (Wildman–Crippen MR) is 87.8 cm³/mol. The normalized spacial score (nSPS) is 9.73. The number of anilines is 1. The largest absolute Gasteiger partial charge is 0.326 e. The van der Waals surface area contributed by atoms with Crippen LogP contribution >= 0.6 is 12.4 Å². The summed E-state index contributed by atoms with van der Waals surface area (Å²) in [5.41, 5.74) is 8.91. The van der Waals surface area contributed by atoms with E-state index in [4.69, 9.17) is 10.9 Å². The first-order valence-corrected chi connectivity index (χ1v) is 7.17. The third kappa shape index (κ3) is 8.61. The summed E-state index contributed by atoms with van der Waals surface area (Å²) in [6, 6.07) is 7.46. The summed E-state index contributed by atoms with van der Waals surface area (Å²) < 4.78 is 0. The highest BCUT2D eigenvalue weighted by Crippen LogP contribution is 2.11. The third-order valence-corrected chi connectivity index (χ3v) is 3.16. The molecule has 124 valence electrons. The van der Waals surface area contributed by atoms with E-state index < -0.39 is 0 Å². The van der Waals surface area contributed by atoms with Crippen LogP contribution in [0.1, 0.15) is 44.1 Å². The van der Waals surface area contributed by atoms with Gasteiger partial charge >= 0.3 is 0 Å². The second-order valence-corrected chi connectivity index (χ2v) is 4.90. The number of carbonyl (C=O) groups is 2. The Labute approximate surface area is 136 Å². The maximum Gasteiger partial charge on any atom is 0.243 e. The van der Waals surface area contributed by atoms with E-state index in [0.29, 0.717) is 25.8 Å². The summed E-state index contributed by atoms with van der Waals surface area (Å²) in [4.78, 5) is 22.5. The monoisotopic (exact) mass is 329 g/mol. The first-order chi connectivity index (χ1) is 10.2. The van der Waals surface area contributed by atoms with E-state index in [1.165, 1.54) is 0 Å². The van der Waals surface area contributed by atoms with Crippen LogP contribution in [0.2, 0.25) is 0 Å². The third-order valence-electron chi connectivity index (χ3n) is 3.16. The van der Waals surface area contributed by atoms with Gasteiger partial charge in [-0.3, -0.25) is 14.8 Å². The van der Waals surface area contributed by atoms with E-state index >= 15 is 0 Å². The molecule has 2 amide bonds. The molecule has 1 aromatic rings. The molecule has 0 radical (unpaired) electrons. The van der Waals surface area contributed by atoms with E-state index in [-0.39, 0.29) is 24.2 Å². The van der Waals surface area contributed by atoms with Crippen molar-refractivity contribution in [2.24, 2.45) is 5.73 Å². The SMILES string of the molecule is Cl.NCc1ccc(NC(=O)CCCCCCC(=O)NO)cc1. The Bertz CT molecular complexity index is 452. The van der Waals surface area contributed by atoms with Crippen molar-refractivity contribution >= 4 is 29.9 Å². The van der Waals surface area contributed by atoms with Gasteiger partial charge in [0.25, 0.3) is 0 Å². The molecule has 0 spiro atoms. The van der Waals surface area contributed by atoms with Crippen molar-refractivity contribution in [3.63, 3.8) is 0 Å². The molecule has 0 bridgehead atoms. The lowest BCUT2D eigenvalue weighted by Gasteiger charge is -2.06. The highest BCUT2D eigenvalue weighted by atomic mass is 35.5. The average Bonchev–Trinajstić information content (AvgIpc) is 2.51. The van der Waals surface area contributed by atoms with Crippen molar-refractivity contribution < 1.29 is 14.8 Å². The molecule has 1 aromatic carbocycles. The predicted octanol–water partition coefficient (Wildman–Crippen LogP) is 2.35. The van der Waals surface area contributed by atoms with E-state index in [2.05, 4.69) is 5.32 Å². The van der Waals surface area contributed by atoms with E-state index in [1.54, 1.807) is 5.48 Å². The number of hydrogen-bond donors (Lipinski definition) is 4. The van der Waals surface area contributed by atoms with Crippen LogP contribution in [-0.4, -0.2) is 17.0 Å². The summed E-state index contributed by atoms with van der Waals surface area (Å²) in [6.07, 6.45) is 4.03. The van der Waals surface area contributed by atoms with Crippen LogP contribution in [0.15, 0.2) is 24.3 Å². The van der Waals surface area contributed by atoms with Gasteiger partial charge in [-0.15, -0.1) is 12.4 Å². The molecule has 5 N–H and O–H groups in total. The van der Waals surface area contributed by atoms with Crippen LogP contribution in [0.4, 0.5) is 5.69 Å². The van der Waals surface area contributed by atoms with Crippen molar-refractivity contribution in [1.82, 2.24) is 5.48 Å². The number of rotatable bonds is 9. The van der Waals surface area contributed by atoms with Crippen LogP contribution in [-0.2, 0) is 16.1 Å². The Hall–Kier alpha value is -1.63. The molecule has 0 aliphatic carbocycles. The van der Waals surface area contributed by atoms with Gasteiger partial charge in [-0.25, -0.2) is 5.48 Å². The van der Waals surface area contributed by atoms with Crippen LogP contribution in [0.3, 0.4) is 0 Å². The molecule has 0 aliphatic heterocycles. The number of benzene rings is 1. The Morgan fingerprint density at radius 2 is 1.50 bits per heavy atom. The minimum Gasteiger partial charge on any atom is -0.326 e. The van der Waals surface area contributed by atoms with Gasteiger partial charge in [-0.05, 0) is 30.5 Å². The molecule has 0 aromatic heterocycles. The fourth-order valence-corrected chi connectivity index (χ4v) is 1.93. The molecular weight excluding hydrogens is 306 g/mol. The van der Waals surface area contributed by atoms with Gasteiger partial charge in [0, 0.05) is 25.1 Å². The Morgan fingerprint density at radius 1 is 0.955 bits per heavy atom. The molecule has 0 fully saturated rings. The standard InChI is InChI=1S/C15H23N3O3.ClH/c16-11-12-7-9-13(10-8-12)17-14(19)5-3-1-2-4-6-15(20)18-21;/h7-10,21H,1-6,11,16H2,(H,17,19)(H,18,20);1H. The lowest BCUT2D eigenvalue weighted by atomic mass is 10.1. The van der Waals surface area contributed by atoms with E-state index in [0.717, 1.165) is 30.5 Å². The summed E-state index contributed by atoms with van der Waals surface area (Å²) in [6.45, 7) is 0.489. The smallest absolute Gasteiger partial charge is 0.243 e. The maximum absolute atomic E-state index is 11.7. The number of hydroxylamine groups is 1. The highest BCUT2D eigenvalue weighted by Gasteiger charge is 2.03. The van der Waals surface area contributed by atoms with E-state index in [1.807, 2.05) is 24.3 Å². The first kappa shape index (κ1) is 20.4. The lowest BCUT2D eigenvalue weighted by molar-refractivity contribution is -0.129. The van der Waals surface area contributed by atoms with Crippen molar-refractivity contribution in [2.75, 3.05) is 5.32 Å². The molecule has 1 rings (SSSR count). The zero-order valence-corrected chi connectivity index (χ0v) is 13.3. The van der Waals surface area contributed by atoms with Crippen LogP contribution < -0.4 is 16.5 Å². The number of hydrogen-bond acceptors (Lipinski definition) is 4. The van der Waals surface area contributed by atoms with Gasteiger partial charge in [0.15, 0.2) is 0 Å². The topological polar surface area (TPSA) is 104 Å². The first-order valence-electron chi connectivity index (χ1n) is 7.17. The van der Waals surface area contributed by atoms with Gasteiger partial charge in [0.1, 0.15) is 0 Å². The molecule has 0 aliphatic rings. The number of nitrogens with one attached hydrogen (secondary N) is 2. The molecule has 0 heterocycles. The van der Waals surface area contributed by atoms with Gasteiger partial charge in [-0.2, -0.15) is 0 Å². The second-order valence-electron chi connectivity index (χ2n) is 4.90. The molecule has 22 heavy (non-hydrogen) atoms. The summed E-state index contributed by atoms with van der Waals surface area (Å²) in [5, 5.41) is 11.2. The number of unbranched alkanes of at least 4 members (excludes halogenated alkanes) is 3. The molecule has 0 saturated heterocycles. The molecule has 6 nitrogen and oxygen atoms in total. The van der Waals surface area contributed by atoms with E-state index in [9.17, 15) is 9.59 Å². The van der Waals surface area contributed by atoms with Crippen LogP contribution in [0.5, 0.6) is 0 Å². The van der Waals surface area contributed by atoms with Crippen molar-refractivity contribution in [3.8, 4) is 0 Å². The zero-order valence-electron chi connectivity index (χ0n) is 12.5. The number of amides is 2. The molecule has 0 saturated carbocycles. The van der Waals surface area contributed by atoms with Gasteiger partial charge < -0.3 is 11.1 Å². The fourth-order valence-electron chi connectivity index (χ4n) is 1.93. The quantitative estimate of drug-likeness (QED) is 0.317. The fraction of sp³-hybridized carbons (Fsp3) is 0.467. The summed E-state index contributed by atoms with van der Waals surface area (Å²) in [7, 11) is 0. The molecule has 7 heteroatoms. The van der Waals surface area contributed by atoms with Gasteiger partial charge in [-0.1, -0.05) is 25.0 Å². The number of carbonyl (C=O) groups excluding carboxylic acids is 2. The second kappa shape index (κ2) is 12.0. The summed E-state index contributed by atoms with van der Waals surface area (Å²) in [5.74, 6) is -0.378. The lowest BCUT2D eigenvalue weighted by Crippen LogP contribution is -2.17. The van der Waals surface area contributed by atoms with Crippen molar-refractivity contribution in [2.45, 2.75) is 45.1 Å². The minimum atomic E-state index is -0.367. The number of halogens is 1. The Kier molecular flexibility index (Phi) is 11.1. The Morgan fingerprint density at radius 3 is 2.00 bits per heavy atom. The van der Waals surface area contributed by atoms with Crippen molar-refractivity contribution in [1.29, 1.82) is 0 Å². The van der Waals surface area contributed by atoms with Crippen molar-refractivity contribution in [3.05, 3.63) is 29.8 Å². The molecular formula is C15H24ClN3O3. The Balaban J connectivity index is 0.00000441. The molecule has 0 unspecified atom stereocenters. The van der Waals surface area contributed by atoms with Gasteiger partial charge in [0.2, 0.25) is 11.8 Å². The van der Waals surface area contributed by atoms with Crippen LogP contribution in [0.25, 0.3) is 0 Å². The summed E-state index contributed by atoms with van der Waals surface area (Å²) >= 11 is 0. The maximum atomic E-state index is 11.7. The average molecular weight is 330 g/mol. The highest BCUT2D eigenvalue weighted by molar-refractivity contribution is 5.90. The number of nitrogens with two attached hydrogens (primary N) is 1. The zero-order chi connectivity index (χ0) is 15.5. The molecule has 0 atom stereocenters. The minimum absolute atomic E-state index is 0. The van der Waals surface area contributed by atoms with Crippen LogP contribution in [0, 0.1) is 0 Å². The van der Waals surface area contributed by atoms with Gasteiger partial charge in [0.05, 0.1) is 0 Å².